The molecule has 0 amide bonds. The third-order valence-electron chi connectivity index (χ3n) is 2.00. The quantitative estimate of drug-likeness (QED) is 0.397. The molecule has 4 heteroatoms. The fourth-order valence-corrected chi connectivity index (χ4v) is 1.14. The summed E-state index contributed by atoms with van der Waals surface area (Å²) in [5.41, 5.74) is 9.72. The molecule has 4 N–H and O–H groups in total. The van der Waals surface area contributed by atoms with Gasteiger partial charge in [0.15, 0.2) is 0 Å². The number of nitrogens with one attached hydrogen (secondary N) is 2. The number of nitrogens with zero attached hydrogens (tertiary/aromatic N) is 1. The first-order valence-corrected chi connectivity index (χ1v) is 4.82. The van der Waals surface area contributed by atoms with Gasteiger partial charge in [-0.05, 0) is 17.0 Å². The Morgan fingerprint density at radius 3 is 2.47 bits per heavy atom. The molecule has 0 radical (unpaired) electrons. The second-order valence-electron chi connectivity index (χ2n) is 3.61. The van der Waals surface area contributed by atoms with Gasteiger partial charge in [-0.15, -0.1) is 0 Å². The predicted molar refractivity (Wildman–Crippen MR) is 63.2 cm³/mol. The fourth-order valence-electron chi connectivity index (χ4n) is 1.14. The summed E-state index contributed by atoms with van der Waals surface area (Å²) in [6.45, 7) is 4.31. The highest BCUT2D eigenvalue weighted by atomic mass is 15.3. The molecule has 0 saturated heterocycles. The molecule has 1 aromatic rings. The van der Waals surface area contributed by atoms with Crippen molar-refractivity contribution < 1.29 is 0 Å². The molecule has 0 aliphatic rings. The SMILES string of the molecule is CC(C)c1ccc(C=NNC(=N)N)cc1. The minimum absolute atomic E-state index is 0.162. The Labute approximate surface area is 89.7 Å². The van der Waals surface area contributed by atoms with Crippen LogP contribution in [0.2, 0.25) is 0 Å². The van der Waals surface area contributed by atoms with Crippen molar-refractivity contribution in [3.63, 3.8) is 0 Å². The van der Waals surface area contributed by atoms with E-state index >= 15 is 0 Å². The van der Waals surface area contributed by atoms with Crippen molar-refractivity contribution in [2.24, 2.45) is 10.8 Å². The standard InChI is InChI=1S/C11H16N4/c1-8(2)10-5-3-9(4-6-10)7-14-15-11(12)13/h3-8H,1-2H3,(H4,12,13,15). The van der Waals surface area contributed by atoms with E-state index in [1.807, 2.05) is 12.1 Å². The maximum absolute atomic E-state index is 6.90. The zero-order valence-electron chi connectivity index (χ0n) is 8.99. The lowest BCUT2D eigenvalue weighted by Gasteiger charge is -2.04. The maximum atomic E-state index is 6.90. The molecular weight excluding hydrogens is 188 g/mol. The Morgan fingerprint density at radius 1 is 1.40 bits per heavy atom. The highest BCUT2D eigenvalue weighted by Crippen LogP contribution is 2.13. The summed E-state index contributed by atoms with van der Waals surface area (Å²) in [6, 6.07) is 8.11. The molecule has 0 spiro atoms. The van der Waals surface area contributed by atoms with E-state index in [1.165, 1.54) is 5.56 Å². The van der Waals surface area contributed by atoms with Crippen LogP contribution in [0.25, 0.3) is 0 Å². The van der Waals surface area contributed by atoms with Crippen molar-refractivity contribution in [1.82, 2.24) is 5.43 Å². The number of nitrogens with two attached hydrogens (primary N) is 1. The third-order valence-corrected chi connectivity index (χ3v) is 2.00. The van der Waals surface area contributed by atoms with Crippen molar-refractivity contribution in [2.75, 3.05) is 0 Å². The highest BCUT2D eigenvalue weighted by Gasteiger charge is 1.97. The van der Waals surface area contributed by atoms with Crippen LogP contribution in [0.5, 0.6) is 0 Å². The van der Waals surface area contributed by atoms with E-state index < -0.39 is 0 Å². The van der Waals surface area contributed by atoms with Crippen molar-refractivity contribution in [1.29, 1.82) is 5.41 Å². The van der Waals surface area contributed by atoms with E-state index in [4.69, 9.17) is 11.1 Å². The largest absolute Gasteiger partial charge is 0.369 e. The Hall–Kier alpha value is -1.84. The van der Waals surface area contributed by atoms with Crippen LogP contribution < -0.4 is 11.2 Å². The molecule has 0 aliphatic heterocycles. The summed E-state index contributed by atoms with van der Waals surface area (Å²) < 4.78 is 0. The van der Waals surface area contributed by atoms with Gasteiger partial charge >= 0.3 is 0 Å². The molecule has 0 aliphatic carbocycles. The van der Waals surface area contributed by atoms with Gasteiger partial charge < -0.3 is 5.73 Å². The summed E-state index contributed by atoms with van der Waals surface area (Å²) in [4.78, 5) is 0. The molecule has 0 fully saturated rings. The summed E-state index contributed by atoms with van der Waals surface area (Å²) in [5, 5.41) is 10.7. The Bertz CT molecular complexity index is 351. The van der Waals surface area contributed by atoms with Crippen molar-refractivity contribution in [3.05, 3.63) is 35.4 Å². The lowest BCUT2D eigenvalue weighted by Crippen LogP contribution is -2.25. The van der Waals surface area contributed by atoms with E-state index in [0.717, 1.165) is 5.56 Å². The number of hydrogen-bond acceptors (Lipinski definition) is 2. The maximum Gasteiger partial charge on any atom is 0.206 e. The van der Waals surface area contributed by atoms with Gasteiger partial charge in [0.1, 0.15) is 0 Å². The van der Waals surface area contributed by atoms with Gasteiger partial charge in [0.25, 0.3) is 0 Å². The molecule has 0 bridgehead atoms. The van der Waals surface area contributed by atoms with E-state index in [-0.39, 0.29) is 5.96 Å². The second kappa shape index (κ2) is 5.14. The van der Waals surface area contributed by atoms with Crippen LogP contribution in [0.1, 0.15) is 30.9 Å². The smallest absolute Gasteiger partial charge is 0.206 e. The van der Waals surface area contributed by atoms with Crippen LogP contribution in [0.3, 0.4) is 0 Å². The predicted octanol–water partition coefficient (Wildman–Crippen LogP) is 1.63. The zero-order chi connectivity index (χ0) is 11.3. The minimum atomic E-state index is -0.162. The first kappa shape index (κ1) is 11.2. The third kappa shape index (κ3) is 3.81. The first-order chi connectivity index (χ1) is 7.09. The van der Waals surface area contributed by atoms with Gasteiger partial charge in [-0.25, -0.2) is 5.43 Å². The average Bonchev–Trinajstić information content (AvgIpc) is 2.18. The zero-order valence-corrected chi connectivity index (χ0v) is 8.99. The Balaban J connectivity index is 2.64. The molecular formula is C11H16N4. The van der Waals surface area contributed by atoms with Crippen LogP contribution in [0.15, 0.2) is 29.4 Å². The Morgan fingerprint density at radius 2 is 2.00 bits per heavy atom. The lowest BCUT2D eigenvalue weighted by molar-refractivity contribution is 0.866. The normalized spacial score (nSPS) is 10.9. The van der Waals surface area contributed by atoms with Gasteiger partial charge in [-0.3, -0.25) is 5.41 Å². The van der Waals surface area contributed by atoms with Crippen LogP contribution in [-0.4, -0.2) is 12.2 Å². The van der Waals surface area contributed by atoms with Gasteiger partial charge in [-0.1, -0.05) is 38.1 Å². The first-order valence-electron chi connectivity index (χ1n) is 4.82. The number of rotatable bonds is 3. The molecule has 0 atom stereocenters. The monoisotopic (exact) mass is 204 g/mol. The minimum Gasteiger partial charge on any atom is -0.369 e. The lowest BCUT2D eigenvalue weighted by atomic mass is 10.0. The van der Waals surface area contributed by atoms with Crippen molar-refractivity contribution in [3.8, 4) is 0 Å². The molecule has 4 nitrogen and oxygen atoms in total. The highest BCUT2D eigenvalue weighted by molar-refractivity contribution is 5.81. The second-order valence-corrected chi connectivity index (χ2v) is 3.61. The van der Waals surface area contributed by atoms with Crippen LogP contribution >= 0.6 is 0 Å². The number of hydrogen-bond donors (Lipinski definition) is 3. The molecule has 0 unspecified atom stereocenters. The molecule has 80 valence electrons. The van der Waals surface area contributed by atoms with E-state index in [0.29, 0.717) is 5.92 Å². The van der Waals surface area contributed by atoms with E-state index in [9.17, 15) is 0 Å². The number of hydrazone groups is 1. The van der Waals surface area contributed by atoms with Crippen molar-refractivity contribution >= 4 is 12.2 Å². The molecule has 15 heavy (non-hydrogen) atoms. The van der Waals surface area contributed by atoms with Crippen LogP contribution in [-0.2, 0) is 0 Å². The summed E-state index contributed by atoms with van der Waals surface area (Å²) in [5.74, 6) is 0.372. The average molecular weight is 204 g/mol. The summed E-state index contributed by atoms with van der Waals surface area (Å²) in [7, 11) is 0. The van der Waals surface area contributed by atoms with Crippen LogP contribution in [0.4, 0.5) is 0 Å². The summed E-state index contributed by atoms with van der Waals surface area (Å²) in [6.07, 6.45) is 1.63. The topological polar surface area (TPSA) is 74.3 Å². The van der Waals surface area contributed by atoms with E-state index in [1.54, 1.807) is 6.21 Å². The van der Waals surface area contributed by atoms with Gasteiger partial charge in [-0.2, -0.15) is 5.10 Å². The van der Waals surface area contributed by atoms with Crippen LogP contribution in [0, 0.1) is 5.41 Å². The summed E-state index contributed by atoms with van der Waals surface area (Å²) >= 11 is 0. The Kier molecular flexibility index (Phi) is 3.85. The molecule has 1 aromatic carbocycles. The molecule has 1 rings (SSSR count). The molecule has 0 aromatic heterocycles. The van der Waals surface area contributed by atoms with E-state index in [2.05, 4.69) is 36.5 Å². The molecule has 0 saturated carbocycles. The van der Waals surface area contributed by atoms with Crippen molar-refractivity contribution in [2.45, 2.75) is 19.8 Å². The van der Waals surface area contributed by atoms with Gasteiger partial charge in [0, 0.05) is 0 Å². The van der Waals surface area contributed by atoms with Gasteiger partial charge in [0.05, 0.1) is 6.21 Å². The van der Waals surface area contributed by atoms with Gasteiger partial charge in [0.2, 0.25) is 5.96 Å². The number of guanidine groups is 1. The molecule has 0 heterocycles. The fraction of sp³-hybridized carbons (Fsp3) is 0.273. The number of benzene rings is 1.